The van der Waals surface area contributed by atoms with Gasteiger partial charge in [-0.25, -0.2) is 0 Å². The summed E-state index contributed by atoms with van der Waals surface area (Å²) < 4.78 is 0. The molecule has 1 heterocycles. The third-order valence-electron chi connectivity index (χ3n) is 2.77. The van der Waals surface area contributed by atoms with Crippen molar-refractivity contribution < 1.29 is 4.79 Å². The molecule has 0 aromatic heterocycles. The first-order valence-corrected chi connectivity index (χ1v) is 7.85. The van der Waals surface area contributed by atoms with Gasteiger partial charge in [-0.15, -0.1) is 23.5 Å². The zero-order valence-corrected chi connectivity index (χ0v) is 11.2. The van der Waals surface area contributed by atoms with E-state index in [2.05, 4.69) is 18.4 Å². The van der Waals surface area contributed by atoms with E-state index in [1.165, 1.54) is 10.5 Å². The van der Waals surface area contributed by atoms with Gasteiger partial charge >= 0.3 is 0 Å². The van der Waals surface area contributed by atoms with Crippen LogP contribution in [0.15, 0.2) is 23.1 Å². The zero-order chi connectivity index (χ0) is 11.5. The predicted molar refractivity (Wildman–Crippen MR) is 72.4 cm³/mol. The monoisotopic (exact) mass is 253 g/mol. The number of fused-ring (bicyclic) bond motifs is 1. The van der Waals surface area contributed by atoms with E-state index in [0.29, 0.717) is 6.42 Å². The Bertz CT molecular complexity index is 406. The number of amides is 1. The number of anilines is 1. The van der Waals surface area contributed by atoms with Crippen molar-refractivity contribution in [1.82, 2.24) is 0 Å². The lowest BCUT2D eigenvalue weighted by molar-refractivity contribution is -0.118. The lowest BCUT2D eigenvalue weighted by Crippen LogP contribution is -2.34. The van der Waals surface area contributed by atoms with Crippen LogP contribution in [-0.2, 0) is 11.2 Å². The topological polar surface area (TPSA) is 20.3 Å². The number of carbonyl (C=O) groups is 1. The van der Waals surface area contributed by atoms with Crippen LogP contribution in [0.2, 0.25) is 0 Å². The summed E-state index contributed by atoms with van der Waals surface area (Å²) >= 11 is 3.45. The molecule has 86 valence electrons. The average molecular weight is 253 g/mol. The molecule has 1 aromatic rings. The lowest BCUT2D eigenvalue weighted by Gasteiger charge is -2.29. The zero-order valence-electron chi connectivity index (χ0n) is 9.53. The Labute approximate surface area is 105 Å². The Balaban J connectivity index is 2.43. The Morgan fingerprint density at radius 3 is 2.81 bits per heavy atom. The van der Waals surface area contributed by atoms with Gasteiger partial charge in [0.15, 0.2) is 0 Å². The highest BCUT2D eigenvalue weighted by Crippen LogP contribution is 2.34. The van der Waals surface area contributed by atoms with Crippen LogP contribution >= 0.6 is 23.5 Å². The molecule has 0 saturated heterocycles. The fourth-order valence-corrected chi connectivity index (χ4v) is 3.23. The summed E-state index contributed by atoms with van der Waals surface area (Å²) in [6.07, 6.45) is 5.64. The van der Waals surface area contributed by atoms with Gasteiger partial charge in [0.25, 0.3) is 0 Å². The summed E-state index contributed by atoms with van der Waals surface area (Å²) in [6.45, 7) is 0. The van der Waals surface area contributed by atoms with Gasteiger partial charge in [-0.3, -0.25) is 4.79 Å². The molecule has 4 heteroatoms. The Morgan fingerprint density at radius 2 is 2.12 bits per heavy atom. The van der Waals surface area contributed by atoms with E-state index in [1.807, 2.05) is 17.2 Å². The van der Waals surface area contributed by atoms with E-state index < -0.39 is 0 Å². The van der Waals surface area contributed by atoms with Gasteiger partial charge < -0.3 is 4.90 Å². The van der Waals surface area contributed by atoms with Crippen LogP contribution in [0.5, 0.6) is 0 Å². The van der Waals surface area contributed by atoms with Crippen molar-refractivity contribution >= 4 is 35.1 Å². The van der Waals surface area contributed by atoms with E-state index >= 15 is 0 Å². The highest BCUT2D eigenvalue weighted by atomic mass is 32.2. The maximum Gasteiger partial charge on any atom is 0.228 e. The molecule has 1 aliphatic rings. The van der Waals surface area contributed by atoms with E-state index in [9.17, 15) is 4.79 Å². The quantitative estimate of drug-likeness (QED) is 0.772. The summed E-state index contributed by atoms with van der Waals surface area (Å²) in [5.74, 6) is 1.00. The summed E-state index contributed by atoms with van der Waals surface area (Å²) in [5.41, 5.74) is 2.45. The van der Waals surface area contributed by atoms with Gasteiger partial charge in [0.1, 0.15) is 0 Å². The van der Waals surface area contributed by atoms with E-state index in [4.69, 9.17) is 0 Å². The van der Waals surface area contributed by atoms with Crippen LogP contribution < -0.4 is 4.90 Å². The fourth-order valence-electron chi connectivity index (χ4n) is 2.02. The van der Waals surface area contributed by atoms with Crippen molar-refractivity contribution in [2.45, 2.75) is 17.7 Å². The van der Waals surface area contributed by atoms with E-state index in [0.717, 1.165) is 18.0 Å². The minimum Gasteiger partial charge on any atom is -0.302 e. The molecule has 1 amide bonds. The number of benzene rings is 1. The van der Waals surface area contributed by atoms with Crippen molar-refractivity contribution in [3.63, 3.8) is 0 Å². The predicted octanol–water partition coefficient (Wildman–Crippen LogP) is 3.01. The lowest BCUT2D eigenvalue weighted by atomic mass is 10.0. The molecule has 16 heavy (non-hydrogen) atoms. The first kappa shape index (κ1) is 11.9. The molecule has 0 atom stereocenters. The average Bonchev–Trinajstić information content (AvgIpc) is 2.32. The normalized spacial score (nSPS) is 15.1. The largest absolute Gasteiger partial charge is 0.302 e. The molecule has 1 aromatic carbocycles. The number of thioether (sulfide) groups is 2. The Hall–Kier alpha value is -0.610. The smallest absolute Gasteiger partial charge is 0.228 e. The van der Waals surface area contributed by atoms with Gasteiger partial charge in [0.05, 0.1) is 5.88 Å². The summed E-state index contributed by atoms with van der Waals surface area (Å²) in [6, 6.07) is 6.23. The number of hydrogen-bond donors (Lipinski definition) is 0. The van der Waals surface area contributed by atoms with Crippen LogP contribution in [0, 0.1) is 0 Å². The second kappa shape index (κ2) is 5.15. The second-order valence-corrected chi connectivity index (χ2v) is 5.38. The molecule has 0 spiro atoms. The van der Waals surface area contributed by atoms with Crippen molar-refractivity contribution in [3.05, 3.63) is 23.8 Å². The third kappa shape index (κ3) is 2.09. The van der Waals surface area contributed by atoms with Gasteiger partial charge in [-0.2, -0.15) is 0 Å². The van der Waals surface area contributed by atoms with Crippen molar-refractivity contribution in [3.8, 4) is 0 Å². The molecule has 0 radical (unpaired) electrons. The maximum absolute atomic E-state index is 11.9. The van der Waals surface area contributed by atoms with Gasteiger partial charge in [-0.05, 0) is 36.6 Å². The first-order chi connectivity index (χ1) is 7.77. The van der Waals surface area contributed by atoms with Crippen molar-refractivity contribution in [2.75, 3.05) is 23.3 Å². The van der Waals surface area contributed by atoms with Crippen LogP contribution in [0.1, 0.15) is 12.0 Å². The van der Waals surface area contributed by atoms with Crippen LogP contribution in [0.25, 0.3) is 0 Å². The molecule has 2 rings (SSSR count). The highest BCUT2D eigenvalue weighted by Gasteiger charge is 2.24. The van der Waals surface area contributed by atoms with Crippen LogP contribution in [0.4, 0.5) is 5.69 Å². The minimum absolute atomic E-state index is 0.250. The molecule has 0 saturated carbocycles. The molecular formula is C12H15NOS2. The molecule has 0 bridgehead atoms. The SMILES string of the molecule is CSCN1C(=O)CCc2c(SC)cccc21. The highest BCUT2D eigenvalue weighted by molar-refractivity contribution is 7.98. The van der Waals surface area contributed by atoms with E-state index in [1.54, 1.807) is 23.5 Å². The summed E-state index contributed by atoms with van der Waals surface area (Å²) in [5, 5.41) is 0. The fraction of sp³-hybridized carbons (Fsp3) is 0.417. The Kier molecular flexibility index (Phi) is 3.82. The minimum atomic E-state index is 0.250. The molecule has 0 N–H and O–H groups in total. The number of hydrogen-bond acceptors (Lipinski definition) is 3. The molecule has 0 fully saturated rings. The van der Waals surface area contributed by atoms with Crippen LogP contribution in [-0.4, -0.2) is 24.3 Å². The van der Waals surface area contributed by atoms with Crippen LogP contribution in [0.3, 0.4) is 0 Å². The molecule has 2 nitrogen and oxygen atoms in total. The second-order valence-electron chi connectivity index (χ2n) is 3.70. The number of rotatable bonds is 3. The Morgan fingerprint density at radius 1 is 1.31 bits per heavy atom. The third-order valence-corrected chi connectivity index (χ3v) is 4.11. The van der Waals surface area contributed by atoms with Gasteiger partial charge in [-0.1, -0.05) is 6.07 Å². The summed E-state index contributed by atoms with van der Waals surface area (Å²) in [7, 11) is 0. The van der Waals surface area contributed by atoms with Crippen molar-refractivity contribution in [2.24, 2.45) is 0 Å². The molecule has 1 aliphatic heterocycles. The standard InChI is InChI=1S/C12H15NOS2/c1-15-8-13-10-4-3-5-11(16-2)9(10)6-7-12(13)14/h3-5H,6-8H2,1-2H3. The van der Waals surface area contributed by atoms with Gasteiger partial charge in [0.2, 0.25) is 5.91 Å². The number of nitrogens with zero attached hydrogens (tertiary/aromatic N) is 1. The molecular weight excluding hydrogens is 238 g/mol. The summed E-state index contributed by atoms with van der Waals surface area (Å²) in [4.78, 5) is 15.1. The van der Waals surface area contributed by atoms with E-state index in [-0.39, 0.29) is 5.91 Å². The van der Waals surface area contributed by atoms with Gasteiger partial charge in [0, 0.05) is 17.0 Å². The maximum atomic E-state index is 11.9. The molecule has 0 unspecified atom stereocenters. The van der Waals surface area contributed by atoms with Crippen molar-refractivity contribution in [1.29, 1.82) is 0 Å². The molecule has 0 aliphatic carbocycles. The first-order valence-electron chi connectivity index (χ1n) is 5.23. The number of carbonyl (C=O) groups excluding carboxylic acids is 1.